The van der Waals surface area contributed by atoms with Crippen molar-refractivity contribution >= 4 is 17.5 Å². The molecular weight excluding hydrogens is 421 g/mol. The van der Waals surface area contributed by atoms with Gasteiger partial charge in [0.2, 0.25) is 0 Å². The SMILES string of the molecule is Cc1noc(C)c1COc1ccc(C(=O)NC[C@@H](c2c(F)cccc2Cl)N(C)C)cc1. The standard InChI is InChI=1S/C23H25ClFN3O3/c1-14-18(15(2)31-27-14)13-30-17-10-8-16(9-11-17)23(29)26-12-21(28(3)4)22-19(24)6-5-7-20(22)25/h5-11,21H,12-13H2,1-4H3,(H,26,29)/t21-/m0/s1. The second kappa shape index (κ2) is 9.94. The van der Waals surface area contributed by atoms with Crippen LogP contribution in [-0.2, 0) is 6.61 Å². The molecule has 0 saturated heterocycles. The number of aryl methyl sites for hydroxylation is 2. The van der Waals surface area contributed by atoms with Crippen molar-refractivity contribution in [3.05, 3.63) is 81.4 Å². The Morgan fingerprint density at radius 2 is 1.94 bits per heavy atom. The Morgan fingerprint density at radius 3 is 2.52 bits per heavy atom. The number of amides is 1. The van der Waals surface area contributed by atoms with E-state index in [9.17, 15) is 9.18 Å². The van der Waals surface area contributed by atoms with E-state index in [0.29, 0.717) is 28.5 Å². The van der Waals surface area contributed by atoms with Crippen molar-refractivity contribution in [2.75, 3.05) is 20.6 Å². The largest absolute Gasteiger partial charge is 0.489 e. The molecule has 0 unspecified atom stereocenters. The van der Waals surface area contributed by atoms with Crippen LogP contribution in [0.2, 0.25) is 5.02 Å². The predicted molar refractivity (Wildman–Crippen MR) is 117 cm³/mol. The third kappa shape index (κ3) is 5.42. The van der Waals surface area contributed by atoms with Crippen molar-refractivity contribution < 1.29 is 18.4 Å². The van der Waals surface area contributed by atoms with E-state index in [-0.39, 0.29) is 12.5 Å². The van der Waals surface area contributed by atoms with E-state index in [1.807, 2.05) is 32.8 Å². The molecule has 164 valence electrons. The van der Waals surface area contributed by atoms with Crippen molar-refractivity contribution in [2.45, 2.75) is 26.5 Å². The third-order valence-electron chi connectivity index (χ3n) is 5.09. The van der Waals surface area contributed by atoms with Gasteiger partial charge < -0.3 is 19.5 Å². The first kappa shape index (κ1) is 22.8. The van der Waals surface area contributed by atoms with E-state index in [4.69, 9.17) is 20.9 Å². The molecule has 0 radical (unpaired) electrons. The van der Waals surface area contributed by atoms with Gasteiger partial charge in [0.05, 0.1) is 17.3 Å². The number of benzene rings is 2. The second-order valence-corrected chi connectivity index (χ2v) is 7.85. The minimum atomic E-state index is -0.407. The number of rotatable bonds is 8. The van der Waals surface area contributed by atoms with Gasteiger partial charge in [0.25, 0.3) is 5.91 Å². The Kier molecular flexibility index (Phi) is 7.30. The summed E-state index contributed by atoms with van der Waals surface area (Å²) in [5.41, 5.74) is 2.53. The highest BCUT2D eigenvalue weighted by atomic mass is 35.5. The molecule has 3 aromatic rings. The molecule has 8 heteroatoms. The molecule has 0 saturated carbocycles. The number of hydrogen-bond acceptors (Lipinski definition) is 5. The van der Waals surface area contributed by atoms with Gasteiger partial charge >= 0.3 is 0 Å². The van der Waals surface area contributed by atoms with Gasteiger partial charge in [-0.3, -0.25) is 4.79 Å². The maximum Gasteiger partial charge on any atom is 0.251 e. The molecule has 2 aromatic carbocycles. The number of likely N-dealkylation sites (N-methyl/N-ethyl adjacent to an activating group) is 1. The minimum absolute atomic E-state index is 0.205. The van der Waals surface area contributed by atoms with Crippen LogP contribution in [0, 0.1) is 19.7 Å². The summed E-state index contributed by atoms with van der Waals surface area (Å²) in [5.74, 6) is 0.677. The highest BCUT2D eigenvalue weighted by molar-refractivity contribution is 6.31. The number of carbonyl (C=O) groups is 1. The molecule has 0 bridgehead atoms. The van der Waals surface area contributed by atoms with Crippen molar-refractivity contribution in [1.29, 1.82) is 0 Å². The summed E-state index contributed by atoms with van der Waals surface area (Å²) in [6, 6.07) is 11.0. The summed E-state index contributed by atoms with van der Waals surface area (Å²) >= 11 is 6.20. The fourth-order valence-electron chi connectivity index (χ4n) is 3.23. The van der Waals surface area contributed by atoms with E-state index < -0.39 is 11.9 Å². The first-order chi connectivity index (χ1) is 14.8. The lowest BCUT2D eigenvalue weighted by molar-refractivity contribution is 0.0941. The number of nitrogens with zero attached hydrogens (tertiary/aromatic N) is 2. The van der Waals surface area contributed by atoms with Gasteiger partial charge in [-0.05, 0) is 64.3 Å². The van der Waals surface area contributed by atoms with E-state index in [1.165, 1.54) is 6.07 Å². The van der Waals surface area contributed by atoms with Gasteiger partial charge in [-0.2, -0.15) is 0 Å². The quantitative estimate of drug-likeness (QED) is 0.544. The Labute approximate surface area is 185 Å². The summed E-state index contributed by atoms with van der Waals surface area (Å²) in [6.45, 7) is 4.23. The van der Waals surface area contributed by atoms with Crippen molar-refractivity contribution in [2.24, 2.45) is 0 Å². The number of ether oxygens (including phenoxy) is 1. The molecule has 0 spiro atoms. The van der Waals surface area contributed by atoms with Gasteiger partial charge in [-0.25, -0.2) is 4.39 Å². The normalized spacial score (nSPS) is 12.1. The number of aromatic nitrogens is 1. The van der Waals surface area contributed by atoms with Crippen LogP contribution in [0.5, 0.6) is 5.75 Å². The molecule has 1 N–H and O–H groups in total. The highest BCUT2D eigenvalue weighted by Crippen LogP contribution is 2.28. The van der Waals surface area contributed by atoms with E-state index in [2.05, 4.69) is 10.5 Å². The maximum absolute atomic E-state index is 14.3. The van der Waals surface area contributed by atoms with Crippen LogP contribution < -0.4 is 10.1 Å². The van der Waals surface area contributed by atoms with Crippen LogP contribution in [0.1, 0.15) is 39.0 Å². The van der Waals surface area contributed by atoms with Crippen LogP contribution in [-0.4, -0.2) is 36.6 Å². The molecule has 0 fully saturated rings. The molecule has 1 aromatic heterocycles. The molecule has 3 rings (SSSR count). The Morgan fingerprint density at radius 1 is 1.23 bits per heavy atom. The molecule has 1 heterocycles. The maximum atomic E-state index is 14.3. The highest BCUT2D eigenvalue weighted by Gasteiger charge is 2.22. The zero-order valence-electron chi connectivity index (χ0n) is 17.9. The van der Waals surface area contributed by atoms with Crippen LogP contribution in [0.4, 0.5) is 4.39 Å². The molecule has 1 atom stereocenters. The summed E-state index contributed by atoms with van der Waals surface area (Å²) in [7, 11) is 3.62. The molecule has 31 heavy (non-hydrogen) atoms. The topological polar surface area (TPSA) is 67.6 Å². The Hall–Kier alpha value is -2.90. The third-order valence-corrected chi connectivity index (χ3v) is 5.42. The fraction of sp³-hybridized carbons (Fsp3) is 0.304. The fourth-order valence-corrected chi connectivity index (χ4v) is 3.52. The lowest BCUT2D eigenvalue weighted by Crippen LogP contribution is -2.35. The summed E-state index contributed by atoms with van der Waals surface area (Å²) in [4.78, 5) is 14.4. The summed E-state index contributed by atoms with van der Waals surface area (Å²) in [6.07, 6.45) is 0. The first-order valence-electron chi connectivity index (χ1n) is 9.81. The predicted octanol–water partition coefficient (Wildman–Crippen LogP) is 4.70. The van der Waals surface area contributed by atoms with E-state index >= 15 is 0 Å². The Balaban J connectivity index is 1.62. The van der Waals surface area contributed by atoms with Gasteiger partial charge in [0, 0.05) is 22.7 Å². The van der Waals surface area contributed by atoms with Gasteiger partial charge in [-0.1, -0.05) is 22.8 Å². The van der Waals surface area contributed by atoms with Crippen molar-refractivity contribution in [1.82, 2.24) is 15.4 Å². The number of carbonyl (C=O) groups excluding carboxylic acids is 1. The minimum Gasteiger partial charge on any atom is -0.489 e. The summed E-state index contributed by atoms with van der Waals surface area (Å²) < 4.78 is 25.2. The molecule has 1 amide bonds. The summed E-state index contributed by atoms with van der Waals surface area (Å²) in [5, 5.41) is 7.08. The lowest BCUT2D eigenvalue weighted by atomic mass is 10.0. The number of hydrogen-bond donors (Lipinski definition) is 1. The molecular formula is C23H25ClFN3O3. The van der Waals surface area contributed by atoms with Gasteiger partial charge in [-0.15, -0.1) is 0 Å². The second-order valence-electron chi connectivity index (χ2n) is 7.44. The smallest absolute Gasteiger partial charge is 0.251 e. The van der Waals surface area contributed by atoms with Crippen LogP contribution in [0.25, 0.3) is 0 Å². The molecule has 0 aliphatic heterocycles. The van der Waals surface area contributed by atoms with Crippen molar-refractivity contribution in [3.63, 3.8) is 0 Å². The van der Waals surface area contributed by atoms with Crippen LogP contribution >= 0.6 is 11.6 Å². The molecule has 6 nitrogen and oxygen atoms in total. The van der Waals surface area contributed by atoms with Crippen LogP contribution in [0.3, 0.4) is 0 Å². The molecule has 0 aliphatic carbocycles. The monoisotopic (exact) mass is 445 g/mol. The average molecular weight is 446 g/mol. The van der Waals surface area contributed by atoms with E-state index in [1.54, 1.807) is 36.4 Å². The van der Waals surface area contributed by atoms with Crippen LogP contribution in [0.15, 0.2) is 47.0 Å². The number of halogens is 2. The van der Waals surface area contributed by atoms with Gasteiger partial charge in [0.15, 0.2) is 0 Å². The lowest BCUT2D eigenvalue weighted by Gasteiger charge is -2.26. The van der Waals surface area contributed by atoms with Crippen molar-refractivity contribution in [3.8, 4) is 5.75 Å². The van der Waals surface area contributed by atoms with E-state index in [0.717, 1.165) is 17.0 Å². The zero-order chi connectivity index (χ0) is 22.5. The number of nitrogens with one attached hydrogen (secondary N) is 1. The zero-order valence-corrected chi connectivity index (χ0v) is 18.7. The average Bonchev–Trinajstić information content (AvgIpc) is 3.06. The Bertz CT molecular complexity index is 1010. The first-order valence-corrected chi connectivity index (χ1v) is 10.2. The molecule has 0 aliphatic rings. The van der Waals surface area contributed by atoms with Gasteiger partial charge in [0.1, 0.15) is 23.9 Å².